The fourth-order valence-electron chi connectivity index (χ4n) is 4.83. The topological polar surface area (TPSA) is 172 Å². The Labute approximate surface area is 195 Å². The van der Waals surface area contributed by atoms with E-state index in [9.17, 15) is 27.1 Å². The Kier molecular flexibility index (Phi) is 5.91. The van der Waals surface area contributed by atoms with Crippen molar-refractivity contribution < 1.29 is 45.9 Å². The van der Waals surface area contributed by atoms with E-state index in [1.165, 1.54) is 6.92 Å². The molecule has 1 aromatic carbocycles. The molecule has 2 aliphatic carbocycles. The van der Waals surface area contributed by atoms with E-state index < -0.39 is 48.7 Å². The number of hydrogen-bond donors (Lipinski definition) is 3. The number of ketones is 2. The average Bonchev–Trinajstić information content (AvgIpc) is 3.04. The fraction of sp³-hybridized carbons (Fsp3) is 0.429. The molecule has 0 aliphatic heterocycles. The molecule has 2 aliphatic rings. The van der Waals surface area contributed by atoms with Crippen LogP contribution in [0.4, 0.5) is 5.88 Å². The zero-order valence-electron chi connectivity index (χ0n) is 18.7. The molecule has 1 aromatic heterocycles. The predicted molar refractivity (Wildman–Crippen MR) is 120 cm³/mol. The van der Waals surface area contributed by atoms with Crippen molar-refractivity contribution in [3.05, 3.63) is 39.9 Å². The number of hydrogen-bond acceptors (Lipinski definition) is 7. The lowest BCUT2D eigenvalue weighted by atomic mass is 9.69. The zero-order valence-corrected chi connectivity index (χ0v) is 20.4. The summed E-state index contributed by atoms with van der Waals surface area (Å²) in [6.45, 7) is 4.00. The quantitative estimate of drug-likeness (QED) is 0.296. The van der Waals surface area contributed by atoms with E-state index in [0.29, 0.717) is 16.3 Å². The third kappa shape index (κ3) is 4.15. The van der Waals surface area contributed by atoms with Crippen LogP contribution >= 0.6 is 7.82 Å². The summed E-state index contributed by atoms with van der Waals surface area (Å²) in [5.41, 5.74) is 2.03. The molecule has 0 bridgehead atoms. The van der Waals surface area contributed by atoms with Crippen LogP contribution < -0.4 is 4.31 Å². The van der Waals surface area contributed by atoms with E-state index in [0.717, 1.165) is 24.0 Å². The first-order valence-corrected chi connectivity index (χ1v) is 13.4. The maximum Gasteiger partial charge on any atom is 0.469 e. The van der Waals surface area contributed by atoms with Crippen LogP contribution in [0.3, 0.4) is 0 Å². The van der Waals surface area contributed by atoms with Gasteiger partial charge in [0.2, 0.25) is 17.5 Å². The standard InChI is InChI=1S/C21H24NO10PS/c1-11-15-17(23)18(24)16-12-5-4-8-21(2,3)14(12)7-6-13(16)19(15)32-20(11)22(34(28,29)30)9-10-31-33(25,26)27/h6-7H,4-5,8-10H2,1-3H3,(H2,25,26,27)(H,28,29,30). The third-order valence-corrected chi connectivity index (χ3v) is 7.78. The first-order chi connectivity index (χ1) is 15.6. The molecule has 0 saturated heterocycles. The minimum atomic E-state index is -4.99. The second-order valence-corrected chi connectivity index (χ2v) is 11.6. The minimum Gasteiger partial charge on any atom is -0.438 e. The van der Waals surface area contributed by atoms with Crippen LogP contribution in [0.1, 0.15) is 64.1 Å². The van der Waals surface area contributed by atoms with Gasteiger partial charge in [-0.3, -0.25) is 18.7 Å². The Morgan fingerprint density at radius 3 is 2.44 bits per heavy atom. The van der Waals surface area contributed by atoms with E-state index in [4.69, 9.17) is 14.2 Å². The number of phosphoric ester groups is 1. The van der Waals surface area contributed by atoms with E-state index in [1.807, 2.05) is 6.07 Å². The second-order valence-electron chi connectivity index (χ2n) is 9.02. The Morgan fingerprint density at radius 2 is 1.82 bits per heavy atom. The monoisotopic (exact) mass is 513 g/mol. The molecule has 4 rings (SSSR count). The number of rotatable bonds is 6. The summed E-state index contributed by atoms with van der Waals surface area (Å²) in [5.74, 6) is -2.01. The fourth-order valence-corrected chi connectivity index (χ4v) is 5.83. The second kappa shape index (κ2) is 8.11. The summed E-state index contributed by atoms with van der Waals surface area (Å²) >= 11 is 0. The van der Waals surface area contributed by atoms with Gasteiger partial charge in [-0.25, -0.2) is 8.87 Å². The largest absolute Gasteiger partial charge is 0.469 e. The van der Waals surface area contributed by atoms with Gasteiger partial charge < -0.3 is 14.2 Å². The van der Waals surface area contributed by atoms with Crippen LogP contribution in [-0.4, -0.2) is 47.5 Å². The molecule has 0 fully saturated rings. The molecule has 2 aromatic rings. The molecule has 34 heavy (non-hydrogen) atoms. The molecule has 0 unspecified atom stereocenters. The maximum atomic E-state index is 13.2. The molecule has 0 spiro atoms. The molecule has 13 heteroatoms. The first-order valence-electron chi connectivity index (χ1n) is 10.5. The normalized spacial score (nSPS) is 17.2. The van der Waals surface area contributed by atoms with Crippen LogP contribution in [0.25, 0.3) is 11.3 Å². The van der Waals surface area contributed by atoms with Crippen LogP contribution in [0.5, 0.6) is 0 Å². The minimum absolute atomic E-state index is 0.00263. The van der Waals surface area contributed by atoms with Crippen molar-refractivity contribution in [1.29, 1.82) is 0 Å². The molecule has 0 atom stereocenters. The highest BCUT2D eigenvalue weighted by Gasteiger charge is 2.42. The van der Waals surface area contributed by atoms with Gasteiger partial charge in [0.25, 0.3) is 0 Å². The van der Waals surface area contributed by atoms with Gasteiger partial charge in [-0.1, -0.05) is 26.0 Å². The number of furan rings is 1. The van der Waals surface area contributed by atoms with E-state index in [2.05, 4.69) is 18.4 Å². The highest BCUT2D eigenvalue weighted by atomic mass is 32.2. The summed E-state index contributed by atoms with van der Waals surface area (Å²) in [4.78, 5) is 44.0. The molecule has 1 heterocycles. The Balaban J connectivity index is 1.87. The van der Waals surface area contributed by atoms with Crippen LogP contribution in [0.2, 0.25) is 0 Å². The van der Waals surface area contributed by atoms with Gasteiger partial charge in [0.1, 0.15) is 5.76 Å². The van der Waals surface area contributed by atoms with Crippen molar-refractivity contribution in [2.24, 2.45) is 0 Å². The van der Waals surface area contributed by atoms with Crippen molar-refractivity contribution in [3.63, 3.8) is 0 Å². The van der Waals surface area contributed by atoms with Crippen molar-refractivity contribution in [2.45, 2.75) is 45.4 Å². The van der Waals surface area contributed by atoms with E-state index >= 15 is 0 Å². The first kappa shape index (κ1) is 24.8. The Bertz CT molecular complexity index is 1370. The van der Waals surface area contributed by atoms with Crippen LogP contribution in [-0.2, 0) is 31.2 Å². The van der Waals surface area contributed by atoms with E-state index in [1.54, 1.807) is 6.07 Å². The lowest BCUT2D eigenvalue weighted by Crippen LogP contribution is -2.33. The molecule has 11 nitrogen and oxygen atoms in total. The van der Waals surface area contributed by atoms with Crippen molar-refractivity contribution in [1.82, 2.24) is 0 Å². The van der Waals surface area contributed by atoms with Gasteiger partial charge >= 0.3 is 18.1 Å². The number of benzene rings is 1. The average molecular weight is 513 g/mol. The number of phosphoric acid groups is 1. The van der Waals surface area contributed by atoms with Gasteiger partial charge in [0, 0.05) is 16.7 Å². The van der Waals surface area contributed by atoms with Gasteiger partial charge in [0.05, 0.1) is 18.7 Å². The number of Topliss-reactive ketones (excluding diaryl/α,β-unsaturated/α-hetero) is 2. The summed E-state index contributed by atoms with van der Waals surface area (Å²) in [7, 11) is -9.89. The van der Waals surface area contributed by atoms with Gasteiger partial charge in [-0.05, 0) is 42.7 Å². The predicted octanol–water partition coefficient (Wildman–Crippen LogP) is 2.97. The summed E-state index contributed by atoms with van der Waals surface area (Å²) in [5, 5.41) is 0. The molecule has 184 valence electrons. The number of carbonyl (C=O) groups excluding carboxylic acids is 2. The van der Waals surface area contributed by atoms with E-state index in [-0.39, 0.29) is 27.9 Å². The van der Waals surface area contributed by atoms with Gasteiger partial charge in [0.15, 0.2) is 0 Å². The highest BCUT2D eigenvalue weighted by Crippen LogP contribution is 2.47. The van der Waals surface area contributed by atoms with Crippen LogP contribution in [0, 0.1) is 6.92 Å². The summed E-state index contributed by atoms with van der Waals surface area (Å²) in [6, 6.07) is 3.55. The lowest BCUT2D eigenvalue weighted by Gasteiger charge is -2.34. The summed E-state index contributed by atoms with van der Waals surface area (Å²) < 4.78 is 55.1. The molecule has 3 N–H and O–H groups in total. The van der Waals surface area contributed by atoms with Crippen molar-refractivity contribution >= 4 is 35.6 Å². The smallest absolute Gasteiger partial charge is 0.438 e. The molecule has 0 saturated carbocycles. The molecule has 0 radical (unpaired) electrons. The number of anilines is 1. The zero-order chi connectivity index (χ0) is 25.2. The Hall–Kier alpha value is -2.34. The Morgan fingerprint density at radius 1 is 1.18 bits per heavy atom. The lowest BCUT2D eigenvalue weighted by molar-refractivity contribution is 0.0813. The molecular weight excluding hydrogens is 489 g/mol. The van der Waals surface area contributed by atoms with Gasteiger partial charge in [-0.2, -0.15) is 8.42 Å². The van der Waals surface area contributed by atoms with Gasteiger partial charge in [-0.15, -0.1) is 0 Å². The number of fused-ring (bicyclic) bond motifs is 5. The SMILES string of the molecule is Cc1c(N(CCOP(=O)(O)O)S(=O)(=O)O)oc2c1C(=O)C(=O)c1c-2ccc2c1CCCC2(C)C. The van der Waals surface area contributed by atoms with Crippen molar-refractivity contribution in [3.8, 4) is 11.3 Å². The van der Waals surface area contributed by atoms with Crippen molar-refractivity contribution in [2.75, 3.05) is 17.5 Å². The molecule has 0 amide bonds. The number of nitrogens with zero attached hydrogens (tertiary/aromatic N) is 1. The summed E-state index contributed by atoms with van der Waals surface area (Å²) in [6.07, 6.45) is 2.37. The third-order valence-electron chi connectivity index (χ3n) is 6.36. The van der Waals surface area contributed by atoms with Crippen LogP contribution in [0.15, 0.2) is 16.5 Å². The maximum absolute atomic E-state index is 13.2. The number of carbonyl (C=O) groups is 2. The highest BCUT2D eigenvalue weighted by molar-refractivity contribution is 7.87. The molecular formula is C21H24NO10PS.